The number of hydrogen-bond acceptors (Lipinski definition) is 3. The first kappa shape index (κ1) is 17.1. The molecule has 3 nitrogen and oxygen atoms in total. The minimum Gasteiger partial charge on any atom is -0.355 e. The zero-order valence-electron chi connectivity index (χ0n) is 11.9. The number of nitrogens with one attached hydrogen (secondary N) is 1. The summed E-state index contributed by atoms with van der Waals surface area (Å²) in [4.78, 5) is 12.2. The van der Waals surface area contributed by atoms with E-state index in [9.17, 15) is 4.79 Å². The van der Waals surface area contributed by atoms with Gasteiger partial charge in [-0.25, -0.2) is 0 Å². The molecule has 0 saturated heterocycles. The standard InChI is InChI=1S/C14H26N2OS.ClH/c1-9(18-2)8-16-14(17)12-6-10-4-3-5-11(7-12)13(10)15;/h9-13H,3-8,15H2,1-2H3,(H,16,17);1H. The Hall–Kier alpha value is 0.0700. The lowest BCUT2D eigenvalue weighted by Crippen LogP contribution is -2.49. The predicted molar refractivity (Wildman–Crippen MR) is 84.8 cm³/mol. The fourth-order valence-corrected chi connectivity index (χ4v) is 3.73. The van der Waals surface area contributed by atoms with Gasteiger partial charge in [-0.3, -0.25) is 4.79 Å². The Labute approximate surface area is 127 Å². The summed E-state index contributed by atoms with van der Waals surface area (Å²) in [6.45, 7) is 2.94. The first-order valence-corrected chi connectivity index (χ1v) is 8.46. The second-order valence-electron chi connectivity index (χ2n) is 5.99. The van der Waals surface area contributed by atoms with Crippen LogP contribution < -0.4 is 11.1 Å². The molecular weight excluding hydrogens is 280 g/mol. The van der Waals surface area contributed by atoms with Gasteiger partial charge in [0, 0.05) is 23.8 Å². The topological polar surface area (TPSA) is 55.1 Å². The molecule has 2 aliphatic carbocycles. The van der Waals surface area contributed by atoms with Crippen molar-refractivity contribution in [2.24, 2.45) is 23.5 Å². The zero-order chi connectivity index (χ0) is 13.1. The summed E-state index contributed by atoms with van der Waals surface area (Å²) in [5, 5.41) is 3.61. The lowest BCUT2D eigenvalue weighted by Gasteiger charge is -2.43. The van der Waals surface area contributed by atoms with Gasteiger partial charge in [0.05, 0.1) is 0 Å². The van der Waals surface area contributed by atoms with E-state index in [2.05, 4.69) is 18.5 Å². The van der Waals surface area contributed by atoms with Gasteiger partial charge in [-0.15, -0.1) is 12.4 Å². The van der Waals surface area contributed by atoms with Crippen molar-refractivity contribution in [2.45, 2.75) is 50.3 Å². The molecule has 2 fully saturated rings. The Morgan fingerprint density at radius 2 is 1.95 bits per heavy atom. The fraction of sp³-hybridized carbons (Fsp3) is 0.929. The summed E-state index contributed by atoms with van der Waals surface area (Å²) in [5.74, 6) is 1.66. The normalized spacial score (nSPS) is 35.1. The Bertz CT molecular complexity index is 289. The van der Waals surface area contributed by atoms with E-state index in [0.717, 1.165) is 19.4 Å². The van der Waals surface area contributed by atoms with E-state index in [0.29, 0.717) is 23.1 Å². The van der Waals surface area contributed by atoms with Gasteiger partial charge in [-0.1, -0.05) is 13.3 Å². The third-order valence-electron chi connectivity index (χ3n) is 4.75. The third kappa shape index (κ3) is 4.27. The predicted octanol–water partition coefficient (Wildman–Crippen LogP) is 2.43. The molecule has 112 valence electrons. The molecule has 2 saturated carbocycles. The van der Waals surface area contributed by atoms with Crippen LogP contribution in [0.25, 0.3) is 0 Å². The SMILES string of the molecule is CSC(C)CNC(=O)C1CC2CCCC(C1)C2N.Cl. The monoisotopic (exact) mass is 306 g/mol. The van der Waals surface area contributed by atoms with E-state index < -0.39 is 0 Å². The molecule has 1 amide bonds. The van der Waals surface area contributed by atoms with Crippen molar-refractivity contribution in [3.63, 3.8) is 0 Å². The molecule has 0 aromatic heterocycles. The van der Waals surface area contributed by atoms with Crippen LogP contribution in [0.2, 0.25) is 0 Å². The van der Waals surface area contributed by atoms with Crippen molar-refractivity contribution in [2.75, 3.05) is 12.8 Å². The lowest BCUT2D eigenvalue weighted by atomic mass is 9.65. The maximum absolute atomic E-state index is 12.2. The molecule has 0 radical (unpaired) electrons. The van der Waals surface area contributed by atoms with Crippen LogP contribution in [0.4, 0.5) is 0 Å². The van der Waals surface area contributed by atoms with E-state index in [4.69, 9.17) is 5.73 Å². The number of nitrogens with two attached hydrogens (primary N) is 1. The van der Waals surface area contributed by atoms with E-state index in [-0.39, 0.29) is 24.2 Å². The number of halogens is 1. The number of carbonyl (C=O) groups excluding carboxylic acids is 1. The number of fused-ring (bicyclic) bond motifs is 2. The highest BCUT2D eigenvalue weighted by atomic mass is 35.5. The van der Waals surface area contributed by atoms with Gasteiger partial charge in [0.15, 0.2) is 0 Å². The van der Waals surface area contributed by atoms with Gasteiger partial charge in [0.1, 0.15) is 0 Å². The first-order chi connectivity index (χ1) is 8.61. The van der Waals surface area contributed by atoms with Crippen molar-refractivity contribution < 1.29 is 4.79 Å². The van der Waals surface area contributed by atoms with Crippen LogP contribution in [0.3, 0.4) is 0 Å². The van der Waals surface area contributed by atoms with Gasteiger partial charge >= 0.3 is 0 Å². The molecule has 0 aromatic rings. The van der Waals surface area contributed by atoms with Crippen molar-refractivity contribution in [1.29, 1.82) is 0 Å². The van der Waals surface area contributed by atoms with Crippen molar-refractivity contribution in [3.05, 3.63) is 0 Å². The first-order valence-electron chi connectivity index (χ1n) is 7.18. The van der Waals surface area contributed by atoms with E-state index in [1.165, 1.54) is 19.3 Å². The third-order valence-corrected chi connectivity index (χ3v) is 5.72. The van der Waals surface area contributed by atoms with Gasteiger partial charge < -0.3 is 11.1 Å². The average molecular weight is 307 g/mol. The van der Waals surface area contributed by atoms with Crippen molar-refractivity contribution >= 4 is 30.1 Å². The van der Waals surface area contributed by atoms with Crippen LogP contribution in [-0.4, -0.2) is 30.0 Å². The average Bonchev–Trinajstić information content (AvgIpc) is 2.35. The summed E-state index contributed by atoms with van der Waals surface area (Å²) in [5.41, 5.74) is 6.26. The summed E-state index contributed by atoms with van der Waals surface area (Å²) in [7, 11) is 0. The molecule has 3 atom stereocenters. The smallest absolute Gasteiger partial charge is 0.223 e. The summed E-state index contributed by atoms with van der Waals surface area (Å²) in [6.07, 6.45) is 7.86. The van der Waals surface area contributed by atoms with Crippen LogP contribution in [-0.2, 0) is 4.79 Å². The molecule has 0 spiro atoms. The van der Waals surface area contributed by atoms with Gasteiger partial charge in [0.25, 0.3) is 0 Å². The largest absolute Gasteiger partial charge is 0.355 e. The minimum absolute atomic E-state index is 0. The molecule has 5 heteroatoms. The van der Waals surface area contributed by atoms with E-state index >= 15 is 0 Å². The Balaban J connectivity index is 0.00000180. The Morgan fingerprint density at radius 3 is 2.47 bits per heavy atom. The number of thioether (sulfide) groups is 1. The molecule has 0 aromatic carbocycles. The summed E-state index contributed by atoms with van der Waals surface area (Å²) >= 11 is 1.80. The van der Waals surface area contributed by atoms with E-state index in [1.54, 1.807) is 11.8 Å². The van der Waals surface area contributed by atoms with Gasteiger partial charge in [-0.05, 0) is 43.8 Å². The molecular formula is C14H27ClN2OS. The highest BCUT2D eigenvalue weighted by Crippen LogP contribution is 2.41. The second-order valence-corrected chi connectivity index (χ2v) is 7.26. The molecule has 3 unspecified atom stereocenters. The number of rotatable bonds is 4. The van der Waals surface area contributed by atoms with Gasteiger partial charge in [-0.2, -0.15) is 11.8 Å². The highest BCUT2D eigenvalue weighted by molar-refractivity contribution is 7.99. The number of hydrogen-bond donors (Lipinski definition) is 2. The van der Waals surface area contributed by atoms with Crippen LogP contribution >= 0.6 is 24.2 Å². The Kier molecular flexibility index (Phi) is 6.98. The molecule has 2 aliphatic rings. The molecule has 19 heavy (non-hydrogen) atoms. The number of carbonyl (C=O) groups is 1. The maximum atomic E-state index is 12.2. The van der Waals surface area contributed by atoms with Crippen LogP contribution in [0.1, 0.15) is 39.0 Å². The van der Waals surface area contributed by atoms with E-state index in [1.807, 2.05) is 0 Å². The zero-order valence-corrected chi connectivity index (χ0v) is 13.6. The van der Waals surface area contributed by atoms with Crippen LogP contribution in [0.15, 0.2) is 0 Å². The maximum Gasteiger partial charge on any atom is 0.223 e. The lowest BCUT2D eigenvalue weighted by molar-refractivity contribution is -0.127. The quantitative estimate of drug-likeness (QED) is 0.839. The van der Waals surface area contributed by atoms with Gasteiger partial charge in [0.2, 0.25) is 5.91 Å². The Morgan fingerprint density at radius 1 is 1.37 bits per heavy atom. The summed E-state index contributed by atoms with van der Waals surface area (Å²) in [6, 6.07) is 0.355. The van der Waals surface area contributed by atoms with Crippen molar-refractivity contribution in [1.82, 2.24) is 5.32 Å². The van der Waals surface area contributed by atoms with Crippen LogP contribution in [0, 0.1) is 17.8 Å². The van der Waals surface area contributed by atoms with Crippen molar-refractivity contribution in [3.8, 4) is 0 Å². The fourth-order valence-electron chi connectivity index (χ4n) is 3.48. The number of amides is 1. The molecule has 3 N–H and O–H groups in total. The highest BCUT2D eigenvalue weighted by Gasteiger charge is 2.40. The second kappa shape index (κ2) is 7.75. The van der Waals surface area contributed by atoms with Crippen LogP contribution in [0.5, 0.6) is 0 Å². The molecule has 2 rings (SSSR count). The molecule has 2 bridgehead atoms. The minimum atomic E-state index is 0. The molecule has 0 heterocycles. The molecule has 0 aliphatic heterocycles. The summed E-state index contributed by atoms with van der Waals surface area (Å²) < 4.78 is 0.